The van der Waals surface area contributed by atoms with Crippen LogP contribution < -0.4 is 0 Å². The second-order valence-corrected chi connectivity index (χ2v) is 4.06. The fraction of sp³-hybridized carbons (Fsp3) is 0. The molecule has 0 aliphatic heterocycles. The van der Waals surface area contributed by atoms with Crippen LogP contribution in [0.1, 0.15) is 11.1 Å². The number of imidazole rings is 1. The number of aromatic nitrogens is 3. The summed E-state index contributed by atoms with van der Waals surface area (Å²) in [6, 6.07) is 9.73. The van der Waals surface area contributed by atoms with Crippen LogP contribution in [-0.4, -0.2) is 14.4 Å². The van der Waals surface area contributed by atoms with E-state index in [-0.39, 0.29) is 0 Å². The van der Waals surface area contributed by atoms with Gasteiger partial charge in [0.15, 0.2) is 0 Å². The van der Waals surface area contributed by atoms with E-state index in [0.29, 0.717) is 5.57 Å². The molecule has 3 rings (SSSR count). The molecule has 3 aromatic heterocycles. The molecule has 3 heterocycles. The van der Waals surface area contributed by atoms with Crippen LogP contribution in [0, 0.1) is 11.3 Å². The van der Waals surface area contributed by atoms with E-state index < -0.39 is 0 Å². The highest BCUT2D eigenvalue weighted by Gasteiger charge is 2.01. The number of nitriles is 1. The molecule has 0 N–H and O–H groups in total. The lowest BCUT2D eigenvalue weighted by Gasteiger charge is -2.00. The lowest BCUT2D eigenvalue weighted by atomic mass is 10.1. The maximum absolute atomic E-state index is 9.26. The SMILES string of the molecule is N#CC(=Cc1ccc2nccn2c1)c1ccncc1. The van der Waals surface area contributed by atoms with Crippen LogP contribution in [0.15, 0.2) is 55.2 Å². The molecule has 0 atom stereocenters. The van der Waals surface area contributed by atoms with Crippen LogP contribution in [0.5, 0.6) is 0 Å². The predicted octanol–water partition coefficient (Wildman–Crippen LogP) is 2.79. The van der Waals surface area contributed by atoms with Crippen LogP contribution in [-0.2, 0) is 0 Å². The van der Waals surface area contributed by atoms with Gasteiger partial charge in [0.2, 0.25) is 0 Å². The molecule has 0 aliphatic carbocycles. The van der Waals surface area contributed by atoms with Gasteiger partial charge in [-0.1, -0.05) is 0 Å². The van der Waals surface area contributed by atoms with E-state index >= 15 is 0 Å². The highest BCUT2D eigenvalue weighted by atomic mass is 15.0. The summed E-state index contributed by atoms with van der Waals surface area (Å²) in [7, 11) is 0. The number of rotatable bonds is 2. The molecule has 0 spiro atoms. The van der Waals surface area contributed by atoms with E-state index in [1.807, 2.05) is 47.1 Å². The van der Waals surface area contributed by atoms with Gasteiger partial charge in [-0.15, -0.1) is 0 Å². The molecule has 0 bridgehead atoms. The number of fused-ring (bicyclic) bond motifs is 1. The van der Waals surface area contributed by atoms with E-state index in [2.05, 4.69) is 16.0 Å². The minimum Gasteiger partial charge on any atom is -0.307 e. The van der Waals surface area contributed by atoms with Crippen molar-refractivity contribution in [3.8, 4) is 6.07 Å². The van der Waals surface area contributed by atoms with Gasteiger partial charge in [0.25, 0.3) is 0 Å². The van der Waals surface area contributed by atoms with Gasteiger partial charge < -0.3 is 4.40 Å². The lowest BCUT2D eigenvalue weighted by molar-refractivity contribution is 1.18. The van der Waals surface area contributed by atoms with Crippen molar-refractivity contribution in [1.29, 1.82) is 5.26 Å². The van der Waals surface area contributed by atoms with Crippen LogP contribution >= 0.6 is 0 Å². The Balaban J connectivity index is 2.05. The molecule has 0 fully saturated rings. The maximum atomic E-state index is 9.26. The monoisotopic (exact) mass is 246 g/mol. The molecule has 4 nitrogen and oxygen atoms in total. The first-order chi connectivity index (χ1) is 9.36. The summed E-state index contributed by atoms with van der Waals surface area (Å²) in [5, 5.41) is 9.26. The fourth-order valence-electron chi connectivity index (χ4n) is 1.90. The van der Waals surface area contributed by atoms with Gasteiger partial charge in [-0.25, -0.2) is 4.98 Å². The van der Waals surface area contributed by atoms with Crippen molar-refractivity contribution >= 4 is 17.3 Å². The normalized spacial score (nSPS) is 11.4. The second-order valence-electron chi connectivity index (χ2n) is 4.06. The minimum atomic E-state index is 0.613. The van der Waals surface area contributed by atoms with Gasteiger partial charge in [-0.05, 0) is 41.5 Å². The average Bonchev–Trinajstić information content (AvgIpc) is 2.93. The van der Waals surface area contributed by atoms with E-state index in [4.69, 9.17) is 0 Å². The molecule has 19 heavy (non-hydrogen) atoms. The molecule has 0 saturated carbocycles. The Bertz CT molecular complexity index is 779. The molecule has 0 saturated heterocycles. The summed E-state index contributed by atoms with van der Waals surface area (Å²) >= 11 is 0. The van der Waals surface area contributed by atoms with Gasteiger partial charge in [0.05, 0.1) is 11.6 Å². The number of hydrogen-bond donors (Lipinski definition) is 0. The first-order valence-electron chi connectivity index (χ1n) is 5.82. The molecule has 90 valence electrons. The van der Waals surface area contributed by atoms with Crippen molar-refractivity contribution in [2.75, 3.05) is 0 Å². The van der Waals surface area contributed by atoms with Crippen LogP contribution in [0.25, 0.3) is 17.3 Å². The summed E-state index contributed by atoms with van der Waals surface area (Å²) in [5.41, 5.74) is 3.32. The Morgan fingerprint density at radius 2 is 2.00 bits per heavy atom. The summed E-state index contributed by atoms with van der Waals surface area (Å²) in [6.45, 7) is 0. The minimum absolute atomic E-state index is 0.613. The Morgan fingerprint density at radius 3 is 2.79 bits per heavy atom. The van der Waals surface area contributed by atoms with Crippen molar-refractivity contribution in [2.24, 2.45) is 0 Å². The Kier molecular flexibility index (Phi) is 2.79. The summed E-state index contributed by atoms with van der Waals surface area (Å²) < 4.78 is 1.92. The van der Waals surface area contributed by atoms with Gasteiger partial charge in [-0.3, -0.25) is 4.98 Å². The Morgan fingerprint density at radius 1 is 1.16 bits per heavy atom. The third kappa shape index (κ3) is 2.22. The van der Waals surface area contributed by atoms with Crippen LogP contribution in [0.2, 0.25) is 0 Å². The van der Waals surface area contributed by atoms with Gasteiger partial charge >= 0.3 is 0 Å². The Labute approximate surface area is 110 Å². The second kappa shape index (κ2) is 4.75. The first kappa shape index (κ1) is 11.2. The molecular weight excluding hydrogens is 236 g/mol. The van der Waals surface area contributed by atoms with Crippen molar-refractivity contribution in [1.82, 2.24) is 14.4 Å². The van der Waals surface area contributed by atoms with Crippen molar-refractivity contribution in [2.45, 2.75) is 0 Å². The van der Waals surface area contributed by atoms with Gasteiger partial charge in [0.1, 0.15) is 5.65 Å². The van der Waals surface area contributed by atoms with Crippen LogP contribution in [0.4, 0.5) is 0 Å². The van der Waals surface area contributed by atoms with E-state index in [1.165, 1.54) is 0 Å². The average molecular weight is 246 g/mol. The van der Waals surface area contributed by atoms with Crippen molar-refractivity contribution in [3.05, 3.63) is 66.4 Å². The summed E-state index contributed by atoms with van der Waals surface area (Å²) in [5.74, 6) is 0. The van der Waals surface area contributed by atoms with Gasteiger partial charge in [0, 0.05) is 31.0 Å². The van der Waals surface area contributed by atoms with Crippen molar-refractivity contribution < 1.29 is 0 Å². The molecule has 0 radical (unpaired) electrons. The van der Waals surface area contributed by atoms with E-state index in [1.54, 1.807) is 18.6 Å². The zero-order valence-corrected chi connectivity index (χ0v) is 10.1. The molecule has 0 amide bonds. The van der Waals surface area contributed by atoms with E-state index in [0.717, 1.165) is 16.8 Å². The smallest absolute Gasteiger partial charge is 0.136 e. The molecule has 3 aromatic rings. The molecular formula is C15H10N4. The quantitative estimate of drug-likeness (QED) is 0.653. The maximum Gasteiger partial charge on any atom is 0.136 e. The third-order valence-electron chi connectivity index (χ3n) is 2.83. The summed E-state index contributed by atoms with van der Waals surface area (Å²) in [4.78, 5) is 8.14. The highest BCUT2D eigenvalue weighted by molar-refractivity contribution is 5.89. The zero-order chi connectivity index (χ0) is 13.1. The molecule has 0 aromatic carbocycles. The molecule has 4 heteroatoms. The standard InChI is InChI=1S/C15H10N4/c16-10-14(13-3-5-17-6-4-13)9-12-1-2-15-18-7-8-19(15)11-12/h1-9,11H. The summed E-state index contributed by atoms with van der Waals surface area (Å²) in [6.07, 6.45) is 10.8. The molecule has 0 unspecified atom stereocenters. The number of pyridine rings is 2. The number of hydrogen-bond acceptors (Lipinski definition) is 3. The number of allylic oxidation sites excluding steroid dienone is 1. The van der Waals surface area contributed by atoms with Crippen LogP contribution in [0.3, 0.4) is 0 Å². The zero-order valence-electron chi connectivity index (χ0n) is 10.1. The Hall–Kier alpha value is -2.93. The van der Waals surface area contributed by atoms with Crippen molar-refractivity contribution in [3.63, 3.8) is 0 Å². The first-order valence-corrected chi connectivity index (χ1v) is 5.82. The lowest BCUT2D eigenvalue weighted by Crippen LogP contribution is -1.86. The highest BCUT2D eigenvalue weighted by Crippen LogP contribution is 2.17. The molecule has 0 aliphatic rings. The third-order valence-corrected chi connectivity index (χ3v) is 2.83. The largest absolute Gasteiger partial charge is 0.307 e. The fourth-order valence-corrected chi connectivity index (χ4v) is 1.90. The van der Waals surface area contributed by atoms with Gasteiger partial charge in [-0.2, -0.15) is 5.26 Å². The topological polar surface area (TPSA) is 54.0 Å². The number of nitrogens with zero attached hydrogens (tertiary/aromatic N) is 4. The van der Waals surface area contributed by atoms with E-state index in [9.17, 15) is 5.26 Å². The predicted molar refractivity (Wildman–Crippen MR) is 72.9 cm³/mol.